The van der Waals surface area contributed by atoms with E-state index in [1.54, 1.807) is 0 Å². The molecule has 0 aliphatic rings. The second-order valence-corrected chi connectivity index (χ2v) is 4.08. The van der Waals surface area contributed by atoms with Crippen LogP contribution in [0.1, 0.15) is 16.7 Å². The molecule has 0 fully saturated rings. The Kier molecular flexibility index (Phi) is 4.23. The van der Waals surface area contributed by atoms with Crippen LogP contribution in [0.2, 0.25) is 0 Å². The monoisotopic (exact) mass is 260 g/mol. The van der Waals surface area contributed by atoms with Crippen LogP contribution in [0.5, 0.6) is 0 Å². The van der Waals surface area contributed by atoms with Crippen molar-refractivity contribution in [3.05, 3.63) is 70.8 Å². The maximum absolute atomic E-state index is 13.3. The lowest BCUT2D eigenvalue weighted by Crippen LogP contribution is -1.93. The van der Waals surface area contributed by atoms with E-state index in [0.29, 0.717) is 0 Å². The predicted molar refractivity (Wildman–Crippen MR) is 68.9 cm³/mol. The summed E-state index contributed by atoms with van der Waals surface area (Å²) in [4.78, 5) is 4.94. The van der Waals surface area contributed by atoms with Gasteiger partial charge in [0.25, 0.3) is 0 Å². The van der Waals surface area contributed by atoms with Gasteiger partial charge in [-0.3, -0.25) is 0 Å². The van der Waals surface area contributed by atoms with Crippen molar-refractivity contribution in [2.45, 2.75) is 13.5 Å². The minimum Gasteiger partial charge on any atom is -0.390 e. The molecule has 0 amide bonds. The lowest BCUT2D eigenvalue weighted by Gasteiger charge is -2.01. The van der Waals surface area contributed by atoms with E-state index in [1.807, 2.05) is 31.2 Å². The molecule has 0 saturated carbocycles. The van der Waals surface area contributed by atoms with Gasteiger partial charge >= 0.3 is 0 Å². The van der Waals surface area contributed by atoms with E-state index in [0.717, 1.165) is 17.2 Å². The molecule has 0 aliphatic carbocycles. The molecule has 0 bridgehead atoms. The molecule has 0 unspecified atom stereocenters. The third-order valence-corrected chi connectivity index (χ3v) is 2.49. The number of hydrogen-bond acceptors (Lipinski definition) is 2. The van der Waals surface area contributed by atoms with E-state index in [-0.39, 0.29) is 12.2 Å². The van der Waals surface area contributed by atoms with Crippen molar-refractivity contribution in [1.82, 2.24) is 0 Å². The van der Waals surface area contributed by atoms with Crippen molar-refractivity contribution in [3.8, 4) is 0 Å². The molecule has 4 heteroatoms. The normalized spacial score (nSPS) is 10.9. The Hall–Kier alpha value is -2.23. The lowest BCUT2D eigenvalue weighted by atomic mass is 10.2. The number of halogens is 2. The molecular weight excluding hydrogens is 248 g/mol. The molecule has 2 nitrogen and oxygen atoms in total. The zero-order valence-electron chi connectivity index (χ0n) is 10.4. The topological polar surface area (TPSA) is 21.6 Å². The van der Waals surface area contributed by atoms with E-state index in [1.165, 1.54) is 12.1 Å². The Balaban J connectivity index is 1.93. The molecule has 2 aromatic carbocycles. The van der Waals surface area contributed by atoms with Crippen molar-refractivity contribution in [1.29, 1.82) is 0 Å². The van der Waals surface area contributed by atoms with Gasteiger partial charge in [-0.2, -0.15) is 0 Å². The van der Waals surface area contributed by atoms with Crippen molar-refractivity contribution < 1.29 is 13.6 Å². The van der Waals surface area contributed by atoms with Gasteiger partial charge in [-0.05, 0) is 25.1 Å². The van der Waals surface area contributed by atoms with Crippen LogP contribution in [-0.4, -0.2) is 6.21 Å². The predicted octanol–water partition coefficient (Wildman–Crippen LogP) is 3.70. The summed E-state index contributed by atoms with van der Waals surface area (Å²) in [5.74, 6) is -1.26. The summed E-state index contributed by atoms with van der Waals surface area (Å²) in [5.41, 5.74) is 2.11. The SMILES string of the molecule is Cc1cccc(/[C]=N\OCc2ccc(F)cc2F)c1. The third kappa shape index (κ3) is 3.88. The molecule has 19 heavy (non-hydrogen) atoms. The van der Waals surface area contributed by atoms with Crippen LogP contribution in [0.3, 0.4) is 0 Å². The van der Waals surface area contributed by atoms with Crippen LogP contribution in [0.4, 0.5) is 8.78 Å². The van der Waals surface area contributed by atoms with Gasteiger partial charge in [-0.15, -0.1) is 0 Å². The summed E-state index contributed by atoms with van der Waals surface area (Å²) in [6.45, 7) is 1.89. The van der Waals surface area contributed by atoms with Gasteiger partial charge in [0.1, 0.15) is 24.5 Å². The summed E-state index contributed by atoms with van der Waals surface area (Å²) in [5, 5.41) is 3.63. The van der Waals surface area contributed by atoms with Gasteiger partial charge in [-0.25, -0.2) is 8.78 Å². The van der Waals surface area contributed by atoms with Crippen molar-refractivity contribution in [2.75, 3.05) is 0 Å². The van der Waals surface area contributed by atoms with Crippen molar-refractivity contribution in [3.63, 3.8) is 0 Å². The summed E-state index contributed by atoms with van der Waals surface area (Å²) in [6.07, 6.45) is 2.69. The Morgan fingerprint density at radius 2 is 2.00 bits per heavy atom. The zero-order chi connectivity index (χ0) is 13.7. The standard InChI is InChI=1S/C15H12F2NO/c1-11-3-2-4-12(7-11)9-18-19-10-13-5-6-14(16)8-15(13)17/h2-8H,10H2,1H3. The molecule has 2 rings (SSSR count). The second kappa shape index (κ2) is 6.09. The smallest absolute Gasteiger partial charge is 0.145 e. The largest absolute Gasteiger partial charge is 0.390 e. The molecule has 0 spiro atoms. The van der Waals surface area contributed by atoms with E-state index < -0.39 is 11.6 Å². The van der Waals surface area contributed by atoms with Gasteiger partial charge in [0.15, 0.2) is 0 Å². The molecule has 1 radical (unpaired) electrons. The van der Waals surface area contributed by atoms with E-state index in [2.05, 4.69) is 11.4 Å². The van der Waals surface area contributed by atoms with Gasteiger partial charge in [0, 0.05) is 17.2 Å². The molecule has 97 valence electrons. The number of hydrogen-bond donors (Lipinski definition) is 0. The first-order valence-corrected chi connectivity index (χ1v) is 5.74. The van der Waals surface area contributed by atoms with Crippen LogP contribution in [-0.2, 0) is 11.4 Å². The van der Waals surface area contributed by atoms with E-state index in [9.17, 15) is 8.78 Å². The summed E-state index contributed by atoms with van der Waals surface area (Å²) < 4.78 is 25.9. The maximum Gasteiger partial charge on any atom is 0.145 e. The van der Waals surface area contributed by atoms with Crippen LogP contribution in [0, 0.1) is 18.6 Å². The Bertz CT molecular complexity index is 596. The molecule has 0 aliphatic heterocycles. The van der Waals surface area contributed by atoms with E-state index in [4.69, 9.17) is 4.84 Å². The molecule has 0 heterocycles. The Morgan fingerprint density at radius 3 is 2.74 bits per heavy atom. The fourth-order valence-electron chi connectivity index (χ4n) is 1.54. The number of nitrogens with zero attached hydrogens (tertiary/aromatic N) is 1. The molecule has 2 aromatic rings. The quantitative estimate of drug-likeness (QED) is 0.606. The summed E-state index contributed by atoms with van der Waals surface area (Å²) >= 11 is 0. The average Bonchev–Trinajstić information content (AvgIpc) is 2.37. The fourth-order valence-corrected chi connectivity index (χ4v) is 1.54. The highest BCUT2D eigenvalue weighted by molar-refractivity contribution is 5.79. The van der Waals surface area contributed by atoms with Crippen LogP contribution >= 0.6 is 0 Å². The van der Waals surface area contributed by atoms with Gasteiger partial charge in [0.2, 0.25) is 0 Å². The lowest BCUT2D eigenvalue weighted by molar-refractivity contribution is 0.129. The van der Waals surface area contributed by atoms with Gasteiger partial charge in [0.05, 0.1) is 0 Å². The first-order valence-electron chi connectivity index (χ1n) is 5.74. The van der Waals surface area contributed by atoms with Crippen LogP contribution in [0.15, 0.2) is 47.6 Å². The van der Waals surface area contributed by atoms with E-state index >= 15 is 0 Å². The summed E-state index contributed by atoms with van der Waals surface area (Å²) in [6, 6.07) is 10.9. The Morgan fingerprint density at radius 1 is 1.16 bits per heavy atom. The highest BCUT2D eigenvalue weighted by Crippen LogP contribution is 2.10. The van der Waals surface area contributed by atoms with Crippen LogP contribution < -0.4 is 0 Å². The number of rotatable bonds is 4. The first-order chi connectivity index (χ1) is 9.15. The fraction of sp³-hybridized carbons (Fsp3) is 0.133. The van der Waals surface area contributed by atoms with Crippen molar-refractivity contribution >= 4 is 6.21 Å². The molecule has 0 N–H and O–H groups in total. The highest BCUT2D eigenvalue weighted by atomic mass is 19.1. The summed E-state index contributed by atoms with van der Waals surface area (Å²) in [7, 11) is 0. The van der Waals surface area contributed by atoms with Crippen LogP contribution in [0.25, 0.3) is 0 Å². The molecular formula is C15H12F2NO. The molecule has 0 saturated heterocycles. The minimum atomic E-state index is -0.647. The first kappa shape index (κ1) is 13.2. The number of benzene rings is 2. The minimum absolute atomic E-state index is 0.0646. The van der Waals surface area contributed by atoms with Crippen molar-refractivity contribution in [2.24, 2.45) is 5.16 Å². The average molecular weight is 260 g/mol. The van der Waals surface area contributed by atoms with Gasteiger partial charge < -0.3 is 4.84 Å². The maximum atomic E-state index is 13.3. The number of aryl methyl sites for hydroxylation is 1. The molecule has 0 atom stereocenters. The highest BCUT2D eigenvalue weighted by Gasteiger charge is 2.03. The van der Waals surface area contributed by atoms with Gasteiger partial charge in [-0.1, -0.05) is 28.9 Å². The zero-order valence-corrected chi connectivity index (χ0v) is 10.4. The molecule has 0 aromatic heterocycles. The Labute approximate surface area is 110 Å². The third-order valence-electron chi connectivity index (χ3n) is 2.49. The second-order valence-electron chi connectivity index (χ2n) is 4.08.